The number of alkyl carbamates (subject to hydrolysis) is 1. The summed E-state index contributed by atoms with van der Waals surface area (Å²) < 4.78 is 5.55. The normalized spacial score (nSPS) is 13.1. The maximum Gasteiger partial charge on any atom is 0.407 e. The zero-order chi connectivity index (χ0) is 23.1. The maximum atomic E-state index is 12.8. The number of carbonyl (C=O) groups excluding carboxylic acids is 2. The van der Waals surface area contributed by atoms with Crippen LogP contribution in [0, 0.1) is 0 Å². The molecule has 0 bridgehead atoms. The van der Waals surface area contributed by atoms with Crippen LogP contribution in [0.5, 0.6) is 0 Å². The van der Waals surface area contributed by atoms with Crippen LogP contribution in [0.3, 0.4) is 0 Å². The quantitative estimate of drug-likeness (QED) is 0.584. The zero-order valence-electron chi connectivity index (χ0n) is 18.5. The first-order valence-corrected chi connectivity index (χ1v) is 11.1. The summed E-state index contributed by atoms with van der Waals surface area (Å²) in [6.07, 6.45) is 0.156. The minimum atomic E-state index is -0.891. The molecule has 0 radical (unpaired) electrons. The first kappa shape index (κ1) is 23.3. The molecule has 1 aliphatic carbocycles. The average Bonchev–Trinajstić information content (AvgIpc) is 3.12. The van der Waals surface area contributed by atoms with Gasteiger partial charge in [-0.15, -0.1) is 0 Å². The lowest BCUT2D eigenvalue weighted by Gasteiger charge is -2.26. The molecule has 0 heterocycles. The van der Waals surface area contributed by atoms with Crippen LogP contribution >= 0.6 is 0 Å². The van der Waals surface area contributed by atoms with E-state index in [0.29, 0.717) is 25.9 Å². The summed E-state index contributed by atoms with van der Waals surface area (Å²) in [5.41, 5.74) is 4.55. The van der Waals surface area contributed by atoms with E-state index in [2.05, 4.69) is 29.6 Å². The molecular formula is C25H30N2O5. The molecule has 0 aromatic heterocycles. The molecule has 2 N–H and O–H groups in total. The molecule has 7 nitrogen and oxygen atoms in total. The Kier molecular flexibility index (Phi) is 7.87. The van der Waals surface area contributed by atoms with Crippen molar-refractivity contribution in [2.75, 3.05) is 19.7 Å². The number of fused-ring (bicyclic) bond motifs is 3. The first-order valence-electron chi connectivity index (χ1n) is 11.1. The van der Waals surface area contributed by atoms with Crippen molar-refractivity contribution in [2.45, 2.75) is 45.1 Å². The number of nitrogens with one attached hydrogen (secondary N) is 1. The largest absolute Gasteiger partial charge is 0.481 e. The Morgan fingerprint density at radius 2 is 1.62 bits per heavy atom. The molecule has 1 atom stereocenters. The Labute approximate surface area is 188 Å². The molecule has 0 fully saturated rings. The zero-order valence-corrected chi connectivity index (χ0v) is 18.5. The van der Waals surface area contributed by atoms with Gasteiger partial charge < -0.3 is 20.1 Å². The third-order valence-electron chi connectivity index (χ3n) is 5.85. The van der Waals surface area contributed by atoms with Gasteiger partial charge in [-0.05, 0) is 42.0 Å². The molecule has 3 rings (SSSR count). The highest BCUT2D eigenvalue weighted by atomic mass is 16.5. The van der Waals surface area contributed by atoms with Crippen molar-refractivity contribution in [3.8, 4) is 11.1 Å². The Bertz CT molecular complexity index is 929. The molecule has 2 amide bonds. The van der Waals surface area contributed by atoms with Crippen LogP contribution in [0.4, 0.5) is 4.79 Å². The second-order valence-corrected chi connectivity index (χ2v) is 7.85. The number of rotatable bonds is 10. The SMILES string of the molecule is CC[C@H](NC(=O)OCC1c2ccccc2-c2ccccc21)C(=O)N(CC)CCCC(=O)O. The number of benzene rings is 2. The van der Waals surface area contributed by atoms with E-state index in [1.807, 2.05) is 38.1 Å². The summed E-state index contributed by atoms with van der Waals surface area (Å²) in [4.78, 5) is 37.6. The number of nitrogens with zero attached hydrogens (tertiary/aromatic N) is 1. The minimum absolute atomic E-state index is 0.000376. The highest BCUT2D eigenvalue weighted by molar-refractivity contribution is 5.86. The number of carboxylic acid groups (broad SMARTS) is 1. The van der Waals surface area contributed by atoms with Gasteiger partial charge in [0.15, 0.2) is 0 Å². The standard InChI is InChI=1S/C25H30N2O5/c1-3-22(24(30)27(4-2)15-9-14-23(28)29)26-25(31)32-16-21-19-12-7-5-10-17(19)18-11-6-8-13-20(18)21/h5-8,10-13,21-22H,3-4,9,14-16H2,1-2H3,(H,26,31)(H,28,29)/t22-/m0/s1. The Morgan fingerprint density at radius 3 is 2.16 bits per heavy atom. The molecule has 0 unspecified atom stereocenters. The van der Waals surface area contributed by atoms with Crippen LogP contribution in [0.1, 0.15) is 50.2 Å². The topological polar surface area (TPSA) is 95.9 Å². The van der Waals surface area contributed by atoms with Crippen molar-refractivity contribution in [3.05, 3.63) is 59.7 Å². The lowest BCUT2D eigenvalue weighted by Crippen LogP contribution is -2.48. The molecule has 0 aliphatic heterocycles. The van der Waals surface area contributed by atoms with Gasteiger partial charge >= 0.3 is 12.1 Å². The number of ether oxygens (including phenoxy) is 1. The summed E-state index contributed by atoms with van der Waals surface area (Å²) in [5.74, 6) is -1.17. The van der Waals surface area contributed by atoms with Crippen molar-refractivity contribution in [2.24, 2.45) is 0 Å². The van der Waals surface area contributed by atoms with Crippen molar-refractivity contribution >= 4 is 18.0 Å². The van der Waals surface area contributed by atoms with Crippen molar-refractivity contribution < 1.29 is 24.2 Å². The lowest BCUT2D eigenvalue weighted by molar-refractivity contribution is -0.138. The number of hydrogen-bond donors (Lipinski definition) is 2. The third-order valence-corrected chi connectivity index (χ3v) is 5.85. The third kappa shape index (κ3) is 5.28. The minimum Gasteiger partial charge on any atom is -0.481 e. The van der Waals surface area contributed by atoms with E-state index in [1.165, 1.54) is 0 Å². The monoisotopic (exact) mass is 438 g/mol. The summed E-state index contributed by atoms with van der Waals surface area (Å²) in [6, 6.07) is 15.5. The van der Waals surface area contributed by atoms with E-state index in [9.17, 15) is 14.4 Å². The van der Waals surface area contributed by atoms with Crippen molar-refractivity contribution in [1.29, 1.82) is 0 Å². The fourth-order valence-corrected chi connectivity index (χ4v) is 4.19. The van der Waals surface area contributed by atoms with Crippen LogP contribution in [0.25, 0.3) is 11.1 Å². The molecule has 7 heteroatoms. The van der Waals surface area contributed by atoms with E-state index < -0.39 is 18.1 Å². The Morgan fingerprint density at radius 1 is 1.03 bits per heavy atom. The van der Waals surface area contributed by atoms with Crippen LogP contribution in [0.15, 0.2) is 48.5 Å². The maximum absolute atomic E-state index is 12.8. The van der Waals surface area contributed by atoms with E-state index in [0.717, 1.165) is 22.3 Å². The fourth-order valence-electron chi connectivity index (χ4n) is 4.19. The molecule has 32 heavy (non-hydrogen) atoms. The second kappa shape index (κ2) is 10.8. The van der Waals surface area contributed by atoms with Gasteiger partial charge in [0.05, 0.1) is 0 Å². The average molecular weight is 439 g/mol. The molecule has 2 aromatic rings. The van der Waals surface area contributed by atoms with Gasteiger partial charge in [0.25, 0.3) is 0 Å². The predicted octanol–water partition coefficient (Wildman–Crippen LogP) is 4.02. The number of likely N-dealkylation sites (N-methyl/N-ethyl adjacent to an activating group) is 1. The molecular weight excluding hydrogens is 408 g/mol. The number of carbonyl (C=O) groups is 3. The van der Waals surface area contributed by atoms with Crippen LogP contribution in [-0.2, 0) is 14.3 Å². The first-order chi connectivity index (χ1) is 15.5. The van der Waals surface area contributed by atoms with E-state index in [4.69, 9.17) is 9.84 Å². The number of carboxylic acids is 1. The van der Waals surface area contributed by atoms with Crippen molar-refractivity contribution in [1.82, 2.24) is 10.2 Å². The van der Waals surface area contributed by atoms with Gasteiger partial charge in [-0.2, -0.15) is 0 Å². The number of amides is 2. The summed E-state index contributed by atoms with van der Waals surface area (Å²) >= 11 is 0. The lowest BCUT2D eigenvalue weighted by atomic mass is 9.98. The van der Waals surface area contributed by atoms with Crippen LogP contribution in [0.2, 0.25) is 0 Å². The van der Waals surface area contributed by atoms with Gasteiger partial charge in [0.2, 0.25) is 5.91 Å². The molecule has 1 aliphatic rings. The molecule has 0 saturated heterocycles. The smallest absolute Gasteiger partial charge is 0.407 e. The second-order valence-electron chi connectivity index (χ2n) is 7.85. The van der Waals surface area contributed by atoms with E-state index in [1.54, 1.807) is 4.90 Å². The van der Waals surface area contributed by atoms with Gasteiger partial charge in [0, 0.05) is 25.4 Å². The number of aliphatic carboxylic acids is 1. The Balaban J connectivity index is 1.60. The molecule has 0 spiro atoms. The van der Waals surface area contributed by atoms with Gasteiger partial charge in [-0.25, -0.2) is 4.79 Å². The summed E-state index contributed by atoms with van der Waals surface area (Å²) in [5, 5.41) is 11.5. The highest BCUT2D eigenvalue weighted by Gasteiger charge is 2.30. The molecule has 2 aromatic carbocycles. The van der Waals surface area contributed by atoms with Gasteiger partial charge in [-0.1, -0.05) is 55.5 Å². The van der Waals surface area contributed by atoms with Crippen LogP contribution < -0.4 is 5.32 Å². The highest BCUT2D eigenvalue weighted by Crippen LogP contribution is 2.44. The summed E-state index contributed by atoms with van der Waals surface area (Å²) in [7, 11) is 0. The fraction of sp³-hybridized carbons (Fsp3) is 0.400. The predicted molar refractivity (Wildman–Crippen MR) is 121 cm³/mol. The van der Waals surface area contributed by atoms with E-state index in [-0.39, 0.29) is 24.9 Å². The van der Waals surface area contributed by atoms with Gasteiger partial charge in [-0.3, -0.25) is 9.59 Å². The molecule has 170 valence electrons. The van der Waals surface area contributed by atoms with Gasteiger partial charge in [0.1, 0.15) is 12.6 Å². The summed E-state index contributed by atoms with van der Waals surface area (Å²) in [6.45, 7) is 4.61. The number of hydrogen-bond acceptors (Lipinski definition) is 4. The van der Waals surface area contributed by atoms with Crippen LogP contribution in [-0.4, -0.2) is 53.7 Å². The molecule has 0 saturated carbocycles. The van der Waals surface area contributed by atoms with E-state index >= 15 is 0 Å². The van der Waals surface area contributed by atoms with Crippen molar-refractivity contribution in [3.63, 3.8) is 0 Å². The Hall–Kier alpha value is -3.35.